The van der Waals surface area contributed by atoms with Crippen LogP contribution in [0, 0.1) is 11.8 Å². The highest BCUT2D eigenvalue weighted by Crippen LogP contribution is 2.55. The Bertz CT molecular complexity index is 1050. The second kappa shape index (κ2) is 9.02. The molecule has 0 aromatic heterocycles. The van der Waals surface area contributed by atoms with E-state index in [4.69, 9.17) is 4.74 Å². The molecule has 0 amide bonds. The van der Waals surface area contributed by atoms with Gasteiger partial charge in [-0.15, -0.1) is 0 Å². The molecule has 4 aromatic rings. The lowest BCUT2D eigenvalue weighted by molar-refractivity contribution is -0.177. The second-order valence-electron chi connectivity index (χ2n) is 9.20. The molecule has 0 unspecified atom stereocenters. The van der Waals surface area contributed by atoms with Crippen LogP contribution < -0.4 is 5.32 Å². The average Bonchev–Trinajstić information content (AvgIpc) is 2.91. The number of ether oxygens (including phenoxy) is 1. The highest BCUT2D eigenvalue weighted by atomic mass is 16.5. The van der Waals surface area contributed by atoms with Crippen molar-refractivity contribution in [3.63, 3.8) is 0 Å². The third-order valence-corrected chi connectivity index (χ3v) is 7.25. The molecule has 4 aromatic carbocycles. The minimum absolute atomic E-state index is 0.142. The van der Waals surface area contributed by atoms with Gasteiger partial charge >= 0.3 is 0 Å². The second-order valence-corrected chi connectivity index (χ2v) is 9.20. The number of Topliss-reactive ketones (excluding diaryl/α,β-unsaturated/α-hetero) is 1. The summed E-state index contributed by atoms with van der Waals surface area (Å²) in [6.45, 7) is 0. The van der Waals surface area contributed by atoms with Gasteiger partial charge in [-0.25, -0.2) is 0 Å². The van der Waals surface area contributed by atoms with Crippen LogP contribution in [0.2, 0.25) is 0 Å². The first-order valence-corrected chi connectivity index (χ1v) is 12.0. The van der Waals surface area contributed by atoms with Gasteiger partial charge in [0.15, 0.2) is 0 Å². The number of carbonyl (C=O) groups excluding carboxylic acids is 1. The Morgan fingerprint density at radius 1 is 0.471 bits per heavy atom. The maximum Gasteiger partial charge on any atom is 0.148 e. The molecular formula is C31H27NO2. The van der Waals surface area contributed by atoms with Crippen LogP contribution in [0.15, 0.2) is 121 Å². The predicted octanol–water partition coefficient (Wildman–Crippen LogP) is 6.39. The summed E-state index contributed by atoms with van der Waals surface area (Å²) in [5, 5.41) is 3.92. The first kappa shape index (κ1) is 21.0. The Morgan fingerprint density at radius 2 is 0.794 bits per heavy atom. The van der Waals surface area contributed by atoms with Crippen LogP contribution in [0.25, 0.3) is 0 Å². The fourth-order valence-electron chi connectivity index (χ4n) is 5.71. The maximum absolute atomic E-state index is 14.4. The highest BCUT2D eigenvalue weighted by molar-refractivity contribution is 5.88. The maximum atomic E-state index is 14.4. The zero-order valence-electron chi connectivity index (χ0n) is 18.8. The van der Waals surface area contributed by atoms with Crippen LogP contribution in [-0.4, -0.2) is 5.78 Å². The SMILES string of the molecule is O=C1[C@@H]2[C@@H](c3ccccc3)N[C@H](c3ccccc3)[C@H]1[C@H](c1ccccc1)O[C@H]2c1ccccc1. The van der Waals surface area contributed by atoms with Crippen LogP contribution in [0.5, 0.6) is 0 Å². The zero-order valence-corrected chi connectivity index (χ0v) is 18.8. The van der Waals surface area contributed by atoms with E-state index in [9.17, 15) is 4.79 Å². The Kier molecular flexibility index (Phi) is 5.58. The van der Waals surface area contributed by atoms with Gasteiger partial charge in [-0.1, -0.05) is 121 Å². The van der Waals surface area contributed by atoms with E-state index >= 15 is 0 Å². The van der Waals surface area contributed by atoms with Crippen molar-refractivity contribution in [2.75, 3.05) is 0 Å². The van der Waals surface area contributed by atoms with Crippen molar-refractivity contribution < 1.29 is 9.53 Å². The lowest BCUT2D eigenvalue weighted by atomic mass is 9.66. The van der Waals surface area contributed by atoms with Gasteiger partial charge in [-0.2, -0.15) is 0 Å². The summed E-state index contributed by atoms with van der Waals surface area (Å²) < 4.78 is 6.94. The Labute approximate surface area is 200 Å². The molecule has 6 atom stereocenters. The average molecular weight is 446 g/mol. The third-order valence-electron chi connectivity index (χ3n) is 7.25. The van der Waals surface area contributed by atoms with E-state index in [1.165, 1.54) is 0 Å². The van der Waals surface area contributed by atoms with Gasteiger partial charge in [0.05, 0.1) is 24.0 Å². The van der Waals surface area contributed by atoms with Crippen molar-refractivity contribution in [2.45, 2.75) is 24.3 Å². The first-order valence-electron chi connectivity index (χ1n) is 12.0. The van der Waals surface area contributed by atoms with Crippen molar-refractivity contribution in [3.05, 3.63) is 144 Å². The summed E-state index contributed by atoms with van der Waals surface area (Å²) in [6.07, 6.45) is -0.658. The van der Waals surface area contributed by atoms with E-state index in [2.05, 4.69) is 53.8 Å². The molecule has 168 valence electrons. The number of hydrogen-bond donors (Lipinski definition) is 1. The summed E-state index contributed by atoms with van der Waals surface area (Å²) in [5.41, 5.74) is 4.31. The van der Waals surface area contributed by atoms with Gasteiger partial charge in [0, 0.05) is 12.1 Å². The van der Waals surface area contributed by atoms with E-state index in [0.29, 0.717) is 0 Å². The number of piperidine rings is 1. The lowest BCUT2D eigenvalue weighted by Gasteiger charge is -2.52. The van der Waals surface area contributed by atoms with Crippen LogP contribution in [0.3, 0.4) is 0 Å². The number of carbonyl (C=O) groups is 1. The predicted molar refractivity (Wildman–Crippen MR) is 133 cm³/mol. The molecule has 34 heavy (non-hydrogen) atoms. The zero-order chi connectivity index (χ0) is 22.9. The van der Waals surface area contributed by atoms with Gasteiger partial charge in [0.2, 0.25) is 0 Å². The van der Waals surface area contributed by atoms with Crippen molar-refractivity contribution in [1.29, 1.82) is 0 Å². The largest absolute Gasteiger partial charge is 0.364 e. The van der Waals surface area contributed by atoms with Crippen LogP contribution in [0.4, 0.5) is 0 Å². The summed E-state index contributed by atoms with van der Waals surface area (Å²) >= 11 is 0. The van der Waals surface area contributed by atoms with Gasteiger partial charge in [-0.05, 0) is 22.3 Å². The van der Waals surface area contributed by atoms with E-state index < -0.39 is 0 Å². The molecule has 3 nitrogen and oxygen atoms in total. The fraction of sp³-hybridized carbons (Fsp3) is 0.194. The first-order chi connectivity index (χ1) is 16.8. The molecule has 2 aliphatic rings. The van der Waals surface area contributed by atoms with Crippen LogP contribution >= 0.6 is 0 Å². The molecule has 2 fully saturated rings. The molecule has 1 N–H and O–H groups in total. The standard InChI is InChI=1S/C31H27NO2/c33-29-25-27(21-13-5-1-6-14-21)32-28(22-15-7-2-8-16-22)26(29)31(24-19-11-4-12-20-24)34-30(25)23-17-9-3-10-18-23/h1-20,25-28,30-32H/t25-,26+,27-,28-,30+,31+/m1/s1. The van der Waals surface area contributed by atoms with E-state index in [1.807, 2.05) is 72.8 Å². The molecule has 3 heteroatoms. The number of nitrogens with one attached hydrogen (secondary N) is 1. The number of hydrogen-bond acceptors (Lipinski definition) is 3. The lowest BCUT2D eigenvalue weighted by Crippen LogP contribution is -2.56. The molecule has 0 spiro atoms. The number of ketones is 1. The van der Waals surface area contributed by atoms with E-state index in [0.717, 1.165) is 22.3 Å². The molecule has 2 saturated heterocycles. The smallest absolute Gasteiger partial charge is 0.148 e. The molecule has 2 heterocycles. The topological polar surface area (TPSA) is 38.3 Å². The number of rotatable bonds is 4. The molecule has 2 bridgehead atoms. The van der Waals surface area contributed by atoms with Gasteiger partial charge in [0.25, 0.3) is 0 Å². The molecule has 0 saturated carbocycles. The molecule has 6 rings (SSSR count). The normalized spacial score (nSPS) is 28.4. The van der Waals surface area contributed by atoms with E-state index in [1.54, 1.807) is 0 Å². The summed E-state index contributed by atoms with van der Waals surface area (Å²) in [4.78, 5) is 14.4. The van der Waals surface area contributed by atoms with Gasteiger partial charge < -0.3 is 10.1 Å². The van der Waals surface area contributed by atoms with Gasteiger partial charge in [-0.3, -0.25) is 4.79 Å². The molecule has 0 aliphatic carbocycles. The number of benzene rings is 4. The van der Waals surface area contributed by atoms with Crippen LogP contribution in [-0.2, 0) is 9.53 Å². The highest BCUT2D eigenvalue weighted by Gasteiger charge is 2.56. The third kappa shape index (κ3) is 3.67. The Morgan fingerprint density at radius 3 is 1.15 bits per heavy atom. The van der Waals surface area contributed by atoms with Crippen molar-refractivity contribution in [2.24, 2.45) is 11.8 Å². The Balaban J connectivity index is 1.52. The summed E-state index contributed by atoms with van der Waals surface area (Å²) in [7, 11) is 0. The monoisotopic (exact) mass is 445 g/mol. The van der Waals surface area contributed by atoms with Crippen molar-refractivity contribution in [3.8, 4) is 0 Å². The van der Waals surface area contributed by atoms with Crippen molar-refractivity contribution >= 4 is 5.78 Å². The minimum atomic E-state index is -0.329. The summed E-state index contributed by atoms with van der Waals surface area (Å²) in [6, 6.07) is 40.7. The summed E-state index contributed by atoms with van der Waals surface area (Å²) in [5.74, 6) is -0.347. The molecular weight excluding hydrogens is 418 g/mol. The van der Waals surface area contributed by atoms with E-state index in [-0.39, 0.29) is 41.9 Å². The van der Waals surface area contributed by atoms with Gasteiger partial charge in [0.1, 0.15) is 5.78 Å². The Hall–Kier alpha value is -3.53. The fourth-order valence-corrected chi connectivity index (χ4v) is 5.71. The number of fused-ring (bicyclic) bond motifs is 2. The molecule has 0 radical (unpaired) electrons. The quantitative estimate of drug-likeness (QED) is 0.396. The molecule has 2 aliphatic heterocycles. The van der Waals surface area contributed by atoms with Crippen LogP contribution in [0.1, 0.15) is 46.5 Å². The van der Waals surface area contributed by atoms with Crippen molar-refractivity contribution in [1.82, 2.24) is 5.32 Å². The minimum Gasteiger partial charge on any atom is -0.364 e.